The molecule has 4 heteroatoms. The number of amides is 1. The third kappa shape index (κ3) is 3.58. The molecule has 0 fully saturated rings. The molecule has 0 saturated carbocycles. The molecule has 19 heavy (non-hydrogen) atoms. The quantitative estimate of drug-likeness (QED) is 0.910. The van der Waals surface area contributed by atoms with Gasteiger partial charge in [-0.25, -0.2) is 0 Å². The predicted molar refractivity (Wildman–Crippen MR) is 75.8 cm³/mol. The Morgan fingerprint density at radius 2 is 2.00 bits per heavy atom. The molecule has 0 aromatic carbocycles. The van der Waals surface area contributed by atoms with E-state index >= 15 is 0 Å². The van der Waals surface area contributed by atoms with Gasteiger partial charge in [0.1, 0.15) is 0 Å². The first-order chi connectivity index (χ1) is 8.87. The van der Waals surface area contributed by atoms with Crippen LogP contribution in [0.5, 0.6) is 0 Å². The van der Waals surface area contributed by atoms with Gasteiger partial charge in [-0.1, -0.05) is 20.8 Å². The van der Waals surface area contributed by atoms with Gasteiger partial charge in [-0.05, 0) is 36.7 Å². The van der Waals surface area contributed by atoms with Crippen LogP contribution in [0.4, 0.5) is 0 Å². The Bertz CT molecular complexity index is 468. The number of aryl methyl sites for hydroxylation is 1. The van der Waals surface area contributed by atoms with Crippen molar-refractivity contribution in [1.29, 1.82) is 0 Å². The van der Waals surface area contributed by atoms with E-state index in [2.05, 4.69) is 31.2 Å². The van der Waals surface area contributed by atoms with E-state index in [1.807, 2.05) is 11.7 Å². The molecule has 0 saturated heterocycles. The van der Waals surface area contributed by atoms with Crippen molar-refractivity contribution in [2.24, 2.45) is 12.5 Å². The second-order valence-corrected chi connectivity index (χ2v) is 6.72. The Labute approximate surface area is 115 Å². The van der Waals surface area contributed by atoms with E-state index in [1.165, 1.54) is 24.1 Å². The predicted octanol–water partition coefficient (Wildman–Crippen LogP) is 2.35. The molecule has 0 bridgehead atoms. The molecule has 0 radical (unpaired) electrons. The van der Waals surface area contributed by atoms with Crippen LogP contribution in [0.1, 0.15) is 57.0 Å². The molecule has 1 aromatic rings. The molecule has 1 N–H and O–H groups in total. The Balaban J connectivity index is 1.99. The van der Waals surface area contributed by atoms with Gasteiger partial charge in [0.05, 0.1) is 12.2 Å². The number of nitrogens with one attached hydrogen (secondary N) is 1. The van der Waals surface area contributed by atoms with E-state index in [4.69, 9.17) is 0 Å². The lowest BCUT2D eigenvalue weighted by atomic mass is 9.92. The smallest absolute Gasteiger partial charge is 0.220 e. The molecule has 0 aliphatic heterocycles. The number of aromatic nitrogens is 2. The van der Waals surface area contributed by atoms with Crippen molar-refractivity contribution in [2.45, 2.75) is 59.4 Å². The number of hydrogen-bond donors (Lipinski definition) is 1. The summed E-state index contributed by atoms with van der Waals surface area (Å²) in [6.07, 6.45) is 5.27. The lowest BCUT2D eigenvalue weighted by molar-refractivity contribution is -0.123. The van der Waals surface area contributed by atoms with Gasteiger partial charge in [0.2, 0.25) is 5.91 Å². The van der Waals surface area contributed by atoms with Crippen LogP contribution in [0.3, 0.4) is 0 Å². The van der Waals surface area contributed by atoms with Gasteiger partial charge in [-0.3, -0.25) is 9.48 Å². The van der Waals surface area contributed by atoms with Gasteiger partial charge >= 0.3 is 0 Å². The molecule has 1 aliphatic rings. The molecule has 4 nitrogen and oxygen atoms in total. The molecule has 1 heterocycles. The van der Waals surface area contributed by atoms with E-state index in [9.17, 15) is 4.79 Å². The zero-order valence-electron chi connectivity index (χ0n) is 12.5. The fourth-order valence-electron chi connectivity index (χ4n) is 2.73. The summed E-state index contributed by atoms with van der Waals surface area (Å²) in [6, 6.07) is 0. The number of hydrogen-bond acceptors (Lipinski definition) is 2. The van der Waals surface area contributed by atoms with Crippen molar-refractivity contribution in [1.82, 2.24) is 15.1 Å². The average Bonchev–Trinajstić information content (AvgIpc) is 2.62. The van der Waals surface area contributed by atoms with E-state index in [1.54, 1.807) is 0 Å². The van der Waals surface area contributed by atoms with E-state index in [0.717, 1.165) is 18.5 Å². The van der Waals surface area contributed by atoms with Gasteiger partial charge in [0.15, 0.2) is 0 Å². The van der Waals surface area contributed by atoms with Crippen LogP contribution in [0.25, 0.3) is 0 Å². The Hall–Kier alpha value is -1.32. The van der Waals surface area contributed by atoms with Gasteiger partial charge in [-0.15, -0.1) is 0 Å². The Morgan fingerprint density at radius 3 is 2.68 bits per heavy atom. The van der Waals surface area contributed by atoms with Crippen LogP contribution in [0, 0.1) is 5.41 Å². The maximum absolute atomic E-state index is 11.9. The SMILES string of the molecule is Cn1nc(CNC(=O)CC(C)(C)C)c2c1CCCC2. The standard InChI is InChI=1S/C15H25N3O/c1-15(2,3)9-14(19)16-10-12-11-7-5-6-8-13(11)18(4)17-12/h5-10H2,1-4H3,(H,16,19). The molecule has 1 aliphatic carbocycles. The van der Waals surface area contributed by atoms with Gasteiger partial charge in [-0.2, -0.15) is 5.10 Å². The number of carbonyl (C=O) groups excluding carboxylic acids is 1. The highest BCUT2D eigenvalue weighted by molar-refractivity contribution is 5.76. The summed E-state index contributed by atoms with van der Waals surface area (Å²) in [6.45, 7) is 6.80. The topological polar surface area (TPSA) is 46.9 Å². The molecular weight excluding hydrogens is 238 g/mol. The number of fused-ring (bicyclic) bond motifs is 1. The Morgan fingerprint density at radius 1 is 1.32 bits per heavy atom. The fraction of sp³-hybridized carbons (Fsp3) is 0.733. The average molecular weight is 263 g/mol. The summed E-state index contributed by atoms with van der Waals surface area (Å²) in [5.74, 6) is 0.114. The molecule has 106 valence electrons. The first kappa shape index (κ1) is 14.1. The zero-order chi connectivity index (χ0) is 14.0. The highest BCUT2D eigenvalue weighted by Crippen LogP contribution is 2.24. The fourth-order valence-corrected chi connectivity index (χ4v) is 2.73. The van der Waals surface area contributed by atoms with E-state index in [-0.39, 0.29) is 11.3 Å². The number of carbonyl (C=O) groups is 1. The maximum atomic E-state index is 11.9. The monoisotopic (exact) mass is 263 g/mol. The number of rotatable bonds is 3. The lowest BCUT2D eigenvalue weighted by Crippen LogP contribution is -2.27. The normalized spacial score (nSPS) is 15.2. The van der Waals surface area contributed by atoms with Crippen LogP contribution in [-0.4, -0.2) is 15.7 Å². The van der Waals surface area contributed by atoms with Crippen LogP contribution < -0.4 is 5.32 Å². The number of nitrogens with zero attached hydrogens (tertiary/aromatic N) is 2. The Kier molecular flexibility index (Phi) is 3.97. The summed E-state index contributed by atoms with van der Waals surface area (Å²) in [4.78, 5) is 11.9. The molecular formula is C15H25N3O. The summed E-state index contributed by atoms with van der Waals surface area (Å²) < 4.78 is 1.99. The van der Waals surface area contributed by atoms with Crippen molar-refractivity contribution in [2.75, 3.05) is 0 Å². The first-order valence-electron chi connectivity index (χ1n) is 7.17. The summed E-state index contributed by atoms with van der Waals surface area (Å²) >= 11 is 0. The minimum absolute atomic E-state index is 0.0353. The third-order valence-corrected chi connectivity index (χ3v) is 3.59. The molecule has 1 amide bonds. The molecule has 2 rings (SSSR count). The van der Waals surface area contributed by atoms with Crippen LogP contribution >= 0.6 is 0 Å². The highest BCUT2D eigenvalue weighted by atomic mass is 16.1. The van der Waals surface area contributed by atoms with E-state index < -0.39 is 0 Å². The van der Waals surface area contributed by atoms with Crippen LogP contribution in [-0.2, 0) is 31.2 Å². The second kappa shape index (κ2) is 5.35. The van der Waals surface area contributed by atoms with Crippen molar-refractivity contribution in [3.8, 4) is 0 Å². The van der Waals surface area contributed by atoms with Crippen LogP contribution in [0.15, 0.2) is 0 Å². The molecule has 0 spiro atoms. The van der Waals surface area contributed by atoms with Crippen molar-refractivity contribution < 1.29 is 4.79 Å². The third-order valence-electron chi connectivity index (χ3n) is 3.59. The van der Waals surface area contributed by atoms with Crippen molar-refractivity contribution in [3.63, 3.8) is 0 Å². The minimum atomic E-state index is 0.0353. The van der Waals surface area contributed by atoms with Crippen molar-refractivity contribution >= 4 is 5.91 Å². The highest BCUT2D eigenvalue weighted by Gasteiger charge is 2.20. The van der Waals surface area contributed by atoms with Gasteiger partial charge < -0.3 is 5.32 Å². The second-order valence-electron chi connectivity index (χ2n) is 6.72. The first-order valence-corrected chi connectivity index (χ1v) is 7.17. The maximum Gasteiger partial charge on any atom is 0.220 e. The summed E-state index contributed by atoms with van der Waals surface area (Å²) in [5.41, 5.74) is 3.81. The lowest BCUT2D eigenvalue weighted by Gasteiger charge is -2.17. The molecule has 0 unspecified atom stereocenters. The zero-order valence-corrected chi connectivity index (χ0v) is 12.5. The van der Waals surface area contributed by atoms with Gasteiger partial charge in [0, 0.05) is 19.2 Å². The minimum Gasteiger partial charge on any atom is -0.350 e. The van der Waals surface area contributed by atoms with Crippen molar-refractivity contribution in [3.05, 3.63) is 17.0 Å². The van der Waals surface area contributed by atoms with E-state index in [0.29, 0.717) is 13.0 Å². The molecule has 1 aromatic heterocycles. The largest absolute Gasteiger partial charge is 0.350 e. The molecule has 0 atom stereocenters. The van der Waals surface area contributed by atoms with Gasteiger partial charge in [0.25, 0.3) is 0 Å². The summed E-state index contributed by atoms with van der Waals surface area (Å²) in [5, 5.41) is 7.57. The summed E-state index contributed by atoms with van der Waals surface area (Å²) in [7, 11) is 2.00. The van der Waals surface area contributed by atoms with Crippen LogP contribution in [0.2, 0.25) is 0 Å².